The number of nitro groups is 1. The van der Waals surface area contributed by atoms with Gasteiger partial charge in [-0.1, -0.05) is 23.4 Å². The number of rotatable bonds is 2. The molecule has 1 aliphatic heterocycles. The molecule has 8 heteroatoms. The van der Waals surface area contributed by atoms with Crippen LogP contribution in [0.4, 0.5) is 5.69 Å². The number of benzene rings is 2. The van der Waals surface area contributed by atoms with Gasteiger partial charge in [-0.15, -0.1) is 0 Å². The van der Waals surface area contributed by atoms with E-state index < -0.39 is 10.7 Å². The zero-order valence-electron chi connectivity index (χ0n) is 11.6. The molecule has 0 N–H and O–H groups in total. The molecule has 2 aromatic carbocycles. The van der Waals surface area contributed by atoms with Crippen molar-refractivity contribution in [3.63, 3.8) is 0 Å². The Morgan fingerprint density at radius 1 is 1.17 bits per heavy atom. The molecule has 0 fully saturated rings. The smallest absolute Gasteiger partial charge is 0.446 e. The number of hydrogen-bond donors (Lipinski definition) is 0. The van der Waals surface area contributed by atoms with Crippen molar-refractivity contribution in [3.05, 3.63) is 69.0 Å². The highest BCUT2D eigenvalue weighted by Crippen LogP contribution is 2.33. The minimum atomic E-state index is -0.597. The van der Waals surface area contributed by atoms with Crippen LogP contribution < -0.4 is 10.5 Å². The standard InChI is InChI=1S/C15H9N3O5/c19-15-17-12-7-10(9-2-1-3-11(6-9)18(20)21)4-5-13(12)22-8-14(17)16-23-15/h1-7H,8H2. The summed E-state index contributed by atoms with van der Waals surface area (Å²) in [6.07, 6.45) is 0. The Bertz CT molecular complexity index is 989. The average molecular weight is 311 g/mol. The van der Waals surface area contributed by atoms with E-state index in [-0.39, 0.29) is 12.3 Å². The SMILES string of the molecule is O=c1onc2n1-c1cc(-c3cccc([N+](=O)[O-])c3)ccc1OC2. The molecule has 0 unspecified atom stereocenters. The Hall–Kier alpha value is -3.42. The molecule has 0 radical (unpaired) electrons. The molecule has 0 atom stereocenters. The van der Waals surface area contributed by atoms with Crippen molar-refractivity contribution in [2.75, 3.05) is 0 Å². The van der Waals surface area contributed by atoms with Gasteiger partial charge in [-0.05, 0) is 23.3 Å². The molecular weight excluding hydrogens is 302 g/mol. The number of ether oxygens (including phenoxy) is 1. The first-order valence-corrected chi connectivity index (χ1v) is 6.73. The van der Waals surface area contributed by atoms with Crippen molar-refractivity contribution < 1.29 is 14.2 Å². The van der Waals surface area contributed by atoms with E-state index in [0.717, 1.165) is 5.56 Å². The Kier molecular flexibility index (Phi) is 2.77. The topological polar surface area (TPSA) is 100 Å². The van der Waals surface area contributed by atoms with Crippen LogP contribution in [0.2, 0.25) is 0 Å². The molecule has 0 saturated heterocycles. The lowest BCUT2D eigenvalue weighted by Crippen LogP contribution is -2.21. The summed E-state index contributed by atoms with van der Waals surface area (Å²) in [5, 5.41) is 14.6. The van der Waals surface area contributed by atoms with Crippen molar-refractivity contribution in [2.24, 2.45) is 0 Å². The lowest BCUT2D eigenvalue weighted by atomic mass is 10.0. The molecule has 0 saturated carbocycles. The number of aromatic nitrogens is 2. The summed E-state index contributed by atoms with van der Waals surface area (Å²) < 4.78 is 11.5. The number of nitrogens with zero attached hydrogens (tertiary/aromatic N) is 3. The molecule has 23 heavy (non-hydrogen) atoms. The van der Waals surface area contributed by atoms with Crippen molar-refractivity contribution in [2.45, 2.75) is 6.61 Å². The predicted molar refractivity (Wildman–Crippen MR) is 78.5 cm³/mol. The van der Waals surface area contributed by atoms with Gasteiger partial charge < -0.3 is 4.74 Å². The second kappa shape index (κ2) is 4.80. The van der Waals surface area contributed by atoms with E-state index in [4.69, 9.17) is 4.74 Å². The van der Waals surface area contributed by atoms with Gasteiger partial charge in [0.05, 0.1) is 10.6 Å². The highest BCUT2D eigenvalue weighted by atomic mass is 16.6. The number of nitro benzene ring substituents is 1. The molecule has 114 valence electrons. The second-order valence-electron chi connectivity index (χ2n) is 4.98. The van der Waals surface area contributed by atoms with Gasteiger partial charge in [0.25, 0.3) is 5.69 Å². The van der Waals surface area contributed by atoms with Crippen LogP contribution in [0.15, 0.2) is 51.8 Å². The second-order valence-corrected chi connectivity index (χ2v) is 4.98. The Morgan fingerprint density at radius 3 is 2.83 bits per heavy atom. The van der Waals surface area contributed by atoms with E-state index in [9.17, 15) is 14.9 Å². The van der Waals surface area contributed by atoms with Crippen molar-refractivity contribution in [1.29, 1.82) is 0 Å². The molecule has 3 aromatic rings. The van der Waals surface area contributed by atoms with Crippen LogP contribution in [0.3, 0.4) is 0 Å². The summed E-state index contributed by atoms with van der Waals surface area (Å²) in [7, 11) is 0. The van der Waals surface area contributed by atoms with E-state index >= 15 is 0 Å². The first kappa shape index (κ1) is 13.3. The summed E-state index contributed by atoms with van der Waals surface area (Å²) in [6, 6.07) is 11.5. The third-order valence-electron chi connectivity index (χ3n) is 3.62. The maximum absolute atomic E-state index is 11.8. The van der Waals surface area contributed by atoms with E-state index in [1.807, 2.05) is 0 Å². The molecule has 0 bridgehead atoms. The first-order chi connectivity index (χ1) is 11.1. The first-order valence-electron chi connectivity index (χ1n) is 6.73. The van der Waals surface area contributed by atoms with E-state index in [2.05, 4.69) is 9.68 Å². The van der Waals surface area contributed by atoms with Gasteiger partial charge in [0.15, 0.2) is 12.4 Å². The van der Waals surface area contributed by atoms with Gasteiger partial charge in [0.2, 0.25) is 0 Å². The third kappa shape index (κ3) is 2.08. The number of fused-ring (bicyclic) bond motifs is 3. The minimum Gasteiger partial charge on any atom is -0.483 e. The Morgan fingerprint density at radius 2 is 2.00 bits per heavy atom. The maximum atomic E-state index is 11.8. The van der Waals surface area contributed by atoms with E-state index in [1.54, 1.807) is 30.3 Å². The normalized spacial score (nSPS) is 12.2. The van der Waals surface area contributed by atoms with Gasteiger partial charge in [-0.2, -0.15) is 0 Å². The van der Waals surface area contributed by atoms with E-state index in [0.29, 0.717) is 22.8 Å². The minimum absolute atomic E-state index is 0.000644. The van der Waals surface area contributed by atoms with Crippen LogP contribution in [0.5, 0.6) is 5.75 Å². The fraction of sp³-hybridized carbons (Fsp3) is 0.0667. The predicted octanol–water partition coefficient (Wildman–Crippen LogP) is 2.29. The van der Waals surface area contributed by atoms with Gasteiger partial charge in [-0.25, -0.2) is 9.36 Å². The molecule has 8 nitrogen and oxygen atoms in total. The number of hydrogen-bond acceptors (Lipinski definition) is 6. The average Bonchev–Trinajstić information content (AvgIpc) is 2.96. The summed E-state index contributed by atoms with van der Waals surface area (Å²) in [4.78, 5) is 22.3. The van der Waals surface area contributed by atoms with Crippen molar-refractivity contribution in [3.8, 4) is 22.6 Å². The van der Waals surface area contributed by atoms with E-state index in [1.165, 1.54) is 16.7 Å². The van der Waals surface area contributed by atoms with Crippen molar-refractivity contribution in [1.82, 2.24) is 9.72 Å². The summed E-state index contributed by atoms with van der Waals surface area (Å²) >= 11 is 0. The fourth-order valence-electron chi connectivity index (χ4n) is 2.54. The van der Waals surface area contributed by atoms with Crippen LogP contribution in [-0.2, 0) is 6.61 Å². The Balaban J connectivity index is 1.88. The molecule has 0 aliphatic carbocycles. The quantitative estimate of drug-likeness (QED) is 0.531. The molecule has 2 heterocycles. The highest BCUT2D eigenvalue weighted by Gasteiger charge is 2.22. The fourth-order valence-corrected chi connectivity index (χ4v) is 2.54. The Labute approximate surface area is 128 Å². The van der Waals surface area contributed by atoms with Gasteiger partial charge >= 0.3 is 5.76 Å². The summed E-state index contributed by atoms with van der Waals surface area (Å²) in [6.45, 7) is 0.148. The summed E-state index contributed by atoms with van der Waals surface area (Å²) in [5.41, 5.74) is 1.89. The molecule has 1 aromatic heterocycles. The molecule has 0 amide bonds. The zero-order valence-corrected chi connectivity index (χ0v) is 11.6. The van der Waals surface area contributed by atoms with Gasteiger partial charge in [-0.3, -0.25) is 14.6 Å². The van der Waals surface area contributed by atoms with Gasteiger partial charge in [0, 0.05) is 12.1 Å². The highest BCUT2D eigenvalue weighted by molar-refractivity contribution is 5.70. The van der Waals surface area contributed by atoms with Gasteiger partial charge in [0.1, 0.15) is 5.75 Å². The lowest BCUT2D eigenvalue weighted by molar-refractivity contribution is -0.384. The summed E-state index contributed by atoms with van der Waals surface area (Å²) in [5.74, 6) is 0.302. The zero-order chi connectivity index (χ0) is 16.0. The van der Waals surface area contributed by atoms with Crippen molar-refractivity contribution >= 4 is 5.69 Å². The maximum Gasteiger partial charge on any atom is 0.446 e. The molecular formula is C15H9N3O5. The molecule has 1 aliphatic rings. The third-order valence-corrected chi connectivity index (χ3v) is 3.62. The van der Waals surface area contributed by atoms with Crippen LogP contribution in [-0.4, -0.2) is 14.6 Å². The van der Waals surface area contributed by atoms with Crippen LogP contribution in [0.25, 0.3) is 16.8 Å². The number of non-ortho nitro benzene ring substituents is 1. The largest absolute Gasteiger partial charge is 0.483 e. The van der Waals surface area contributed by atoms with Crippen LogP contribution in [0, 0.1) is 10.1 Å². The molecule has 4 rings (SSSR count). The van der Waals surface area contributed by atoms with Crippen LogP contribution >= 0.6 is 0 Å². The monoisotopic (exact) mass is 311 g/mol. The van der Waals surface area contributed by atoms with Crippen LogP contribution in [0.1, 0.15) is 5.82 Å². The molecule has 0 spiro atoms. The lowest BCUT2D eigenvalue weighted by Gasteiger charge is -2.18.